The first-order valence-electron chi connectivity index (χ1n) is 4.80. The van der Waals surface area contributed by atoms with E-state index in [-0.39, 0.29) is 18.8 Å². The molecule has 0 aromatic heterocycles. The maximum absolute atomic E-state index is 10.7. The number of benzene rings is 1. The van der Waals surface area contributed by atoms with Crippen LogP contribution in [0.25, 0.3) is 0 Å². The van der Waals surface area contributed by atoms with Gasteiger partial charge in [0, 0.05) is 16.6 Å². The third kappa shape index (κ3) is 3.46. The Hall–Kier alpha value is -2.07. The summed E-state index contributed by atoms with van der Waals surface area (Å²) in [4.78, 5) is 22.2. The molecule has 0 unspecified atom stereocenters. The zero-order valence-electron chi connectivity index (χ0n) is 9.17. The van der Waals surface area contributed by atoms with E-state index in [0.29, 0.717) is 10.2 Å². The fraction of sp³-hybridized carbons (Fsp3) is 0.182. The lowest BCUT2D eigenvalue weighted by atomic mass is 10.2. The van der Waals surface area contributed by atoms with E-state index in [4.69, 9.17) is 11.5 Å². The van der Waals surface area contributed by atoms with E-state index >= 15 is 0 Å². The van der Waals surface area contributed by atoms with E-state index in [2.05, 4.69) is 21.9 Å². The molecule has 0 bridgehead atoms. The van der Waals surface area contributed by atoms with Gasteiger partial charge >= 0.3 is 5.97 Å². The van der Waals surface area contributed by atoms with Gasteiger partial charge < -0.3 is 10.0 Å². The van der Waals surface area contributed by atoms with Gasteiger partial charge in [0.15, 0.2) is 0 Å². The van der Waals surface area contributed by atoms with Gasteiger partial charge in [-0.05, 0) is 22.0 Å². The summed E-state index contributed by atoms with van der Waals surface area (Å²) in [5.41, 5.74) is 0.419. The quantitative estimate of drug-likeness (QED) is 0.510. The molecule has 18 heavy (non-hydrogen) atoms. The van der Waals surface area contributed by atoms with Crippen LogP contribution in [0.4, 0.5) is 11.4 Å². The normalized spacial score (nSPS) is 9.56. The Morgan fingerprint density at radius 2 is 2.28 bits per heavy atom. The first-order chi connectivity index (χ1) is 8.45. The summed E-state index contributed by atoms with van der Waals surface area (Å²) in [6.45, 7) is -0.177. The zero-order valence-corrected chi connectivity index (χ0v) is 10.8. The smallest absolute Gasteiger partial charge is 0.323 e. The number of hydrogen-bond donors (Lipinski definition) is 1. The van der Waals surface area contributed by atoms with Crippen molar-refractivity contribution in [2.75, 3.05) is 18.0 Å². The van der Waals surface area contributed by atoms with E-state index in [9.17, 15) is 14.9 Å². The van der Waals surface area contributed by atoms with Gasteiger partial charge in [-0.2, -0.15) is 0 Å². The first kappa shape index (κ1) is 14.0. The molecular formula is C11H9BrN2O4. The molecule has 6 nitrogen and oxygen atoms in total. The van der Waals surface area contributed by atoms with Crippen molar-refractivity contribution >= 4 is 33.3 Å². The van der Waals surface area contributed by atoms with E-state index < -0.39 is 10.9 Å². The van der Waals surface area contributed by atoms with E-state index in [1.807, 2.05) is 0 Å². The number of nitro benzene ring substituents is 1. The molecule has 0 atom stereocenters. The highest BCUT2D eigenvalue weighted by Crippen LogP contribution is 2.29. The number of nitrogens with zero attached hydrogens (tertiary/aromatic N) is 2. The maximum atomic E-state index is 10.7. The van der Waals surface area contributed by atoms with Crippen LogP contribution in [0.5, 0.6) is 0 Å². The molecule has 0 amide bonds. The van der Waals surface area contributed by atoms with Crippen LogP contribution < -0.4 is 4.90 Å². The Morgan fingerprint density at radius 3 is 2.72 bits per heavy atom. The van der Waals surface area contributed by atoms with Gasteiger partial charge in [-0.15, -0.1) is 6.42 Å². The fourth-order valence-electron chi connectivity index (χ4n) is 1.37. The summed E-state index contributed by atoms with van der Waals surface area (Å²) in [6.07, 6.45) is 5.16. The zero-order chi connectivity index (χ0) is 13.7. The Morgan fingerprint density at radius 1 is 1.61 bits per heavy atom. The minimum absolute atomic E-state index is 0.0818. The van der Waals surface area contributed by atoms with Crippen LogP contribution in [0, 0.1) is 22.5 Å². The Labute approximate surface area is 111 Å². The number of halogens is 1. The Balaban J connectivity index is 3.09. The lowest BCUT2D eigenvalue weighted by molar-refractivity contribution is -0.384. The molecule has 1 rings (SSSR count). The van der Waals surface area contributed by atoms with Crippen LogP contribution in [0.15, 0.2) is 22.7 Å². The van der Waals surface area contributed by atoms with E-state index in [1.54, 1.807) is 0 Å². The molecule has 0 aliphatic carbocycles. The number of hydrogen-bond acceptors (Lipinski definition) is 4. The summed E-state index contributed by atoms with van der Waals surface area (Å²) in [6, 6.07) is 4.06. The van der Waals surface area contributed by atoms with E-state index in [0.717, 1.165) is 0 Å². The standard InChI is InChI=1S/C11H9BrN2O4/c1-2-5-13(7-11(15)16)10-4-3-8(14(17)18)6-9(10)12/h1,3-4,6H,5,7H2,(H,15,16). The molecule has 0 spiro atoms. The van der Waals surface area contributed by atoms with E-state index in [1.165, 1.54) is 23.1 Å². The monoisotopic (exact) mass is 312 g/mol. The minimum Gasteiger partial charge on any atom is -0.480 e. The summed E-state index contributed by atoms with van der Waals surface area (Å²) in [7, 11) is 0. The largest absolute Gasteiger partial charge is 0.480 e. The van der Waals surface area contributed by atoms with Gasteiger partial charge in [0.25, 0.3) is 5.69 Å². The Bertz CT molecular complexity index is 524. The molecule has 0 saturated heterocycles. The molecule has 0 heterocycles. The second-order valence-electron chi connectivity index (χ2n) is 3.35. The SMILES string of the molecule is C#CCN(CC(=O)O)c1ccc([N+](=O)[O-])cc1Br. The van der Waals surface area contributed by atoms with Crippen LogP contribution in [-0.2, 0) is 4.79 Å². The fourth-order valence-corrected chi connectivity index (χ4v) is 1.98. The topological polar surface area (TPSA) is 83.7 Å². The van der Waals surface area contributed by atoms with Crippen LogP contribution >= 0.6 is 15.9 Å². The summed E-state index contributed by atoms with van der Waals surface area (Å²) < 4.78 is 0.424. The lowest BCUT2D eigenvalue weighted by Gasteiger charge is -2.21. The lowest BCUT2D eigenvalue weighted by Crippen LogP contribution is -2.30. The van der Waals surface area contributed by atoms with Gasteiger partial charge in [0.05, 0.1) is 17.2 Å². The van der Waals surface area contributed by atoms with Crippen molar-refractivity contribution in [3.8, 4) is 12.3 Å². The predicted molar refractivity (Wildman–Crippen MR) is 69.5 cm³/mol. The minimum atomic E-state index is -1.03. The summed E-state index contributed by atoms with van der Waals surface area (Å²) in [5, 5.41) is 19.4. The summed E-state index contributed by atoms with van der Waals surface area (Å²) >= 11 is 3.17. The van der Waals surface area contributed by atoms with Crippen molar-refractivity contribution in [3.05, 3.63) is 32.8 Å². The number of carboxylic acid groups (broad SMARTS) is 1. The first-order valence-corrected chi connectivity index (χ1v) is 5.59. The van der Waals surface area contributed by atoms with Crippen molar-refractivity contribution in [1.82, 2.24) is 0 Å². The highest BCUT2D eigenvalue weighted by Gasteiger charge is 2.15. The molecule has 0 aliphatic rings. The summed E-state index contributed by atoms with van der Waals surface area (Å²) in [5.74, 6) is 1.31. The number of carboxylic acids is 1. The van der Waals surface area contributed by atoms with Gasteiger partial charge in [0.2, 0.25) is 0 Å². The second-order valence-corrected chi connectivity index (χ2v) is 4.20. The van der Waals surface area contributed by atoms with Crippen molar-refractivity contribution < 1.29 is 14.8 Å². The van der Waals surface area contributed by atoms with Crippen LogP contribution in [-0.4, -0.2) is 29.1 Å². The Kier molecular flexibility index (Phi) is 4.68. The van der Waals surface area contributed by atoms with Gasteiger partial charge in [-0.1, -0.05) is 5.92 Å². The third-order valence-electron chi connectivity index (χ3n) is 2.09. The number of terminal acetylenes is 1. The third-order valence-corrected chi connectivity index (χ3v) is 2.73. The second kappa shape index (κ2) is 6.02. The molecule has 7 heteroatoms. The number of anilines is 1. The van der Waals surface area contributed by atoms with Crippen LogP contribution in [0.3, 0.4) is 0 Å². The average Bonchev–Trinajstić information content (AvgIpc) is 2.27. The van der Waals surface area contributed by atoms with Crippen molar-refractivity contribution in [2.24, 2.45) is 0 Å². The van der Waals surface area contributed by atoms with Crippen LogP contribution in [0.1, 0.15) is 0 Å². The van der Waals surface area contributed by atoms with Crippen LogP contribution in [0.2, 0.25) is 0 Å². The number of aliphatic carboxylic acids is 1. The molecule has 0 fully saturated rings. The average molecular weight is 313 g/mol. The molecule has 0 aliphatic heterocycles. The number of carbonyl (C=O) groups is 1. The predicted octanol–water partition coefficient (Wildman–Crippen LogP) is 1.88. The number of non-ortho nitro benzene ring substituents is 1. The molecule has 1 aromatic carbocycles. The van der Waals surface area contributed by atoms with Crippen molar-refractivity contribution in [3.63, 3.8) is 0 Å². The highest BCUT2D eigenvalue weighted by atomic mass is 79.9. The molecule has 0 saturated carbocycles. The molecule has 0 radical (unpaired) electrons. The maximum Gasteiger partial charge on any atom is 0.323 e. The number of nitro groups is 1. The molecule has 1 aromatic rings. The molecular weight excluding hydrogens is 304 g/mol. The highest BCUT2D eigenvalue weighted by molar-refractivity contribution is 9.10. The number of rotatable bonds is 5. The van der Waals surface area contributed by atoms with Gasteiger partial charge in [-0.3, -0.25) is 14.9 Å². The molecule has 94 valence electrons. The van der Waals surface area contributed by atoms with Crippen molar-refractivity contribution in [1.29, 1.82) is 0 Å². The molecule has 1 N–H and O–H groups in total. The van der Waals surface area contributed by atoms with Gasteiger partial charge in [0.1, 0.15) is 6.54 Å². The van der Waals surface area contributed by atoms with Gasteiger partial charge in [-0.25, -0.2) is 0 Å². The van der Waals surface area contributed by atoms with Crippen molar-refractivity contribution in [2.45, 2.75) is 0 Å².